The largest absolute Gasteiger partial charge is 0.478 e. The summed E-state index contributed by atoms with van der Waals surface area (Å²) in [6.07, 6.45) is -2.94. The number of nitrogens with one attached hydrogen (secondary N) is 1. The fraction of sp³-hybridized carbons (Fsp3) is 0.450. The topological polar surface area (TPSA) is 127 Å². The molecule has 2 aliphatic rings. The van der Waals surface area contributed by atoms with Crippen molar-refractivity contribution < 1.29 is 37.3 Å². The van der Waals surface area contributed by atoms with Crippen LogP contribution in [0.5, 0.6) is 0 Å². The molecule has 2 N–H and O–H groups in total. The molecule has 4 heterocycles. The van der Waals surface area contributed by atoms with E-state index in [0.717, 1.165) is 12.4 Å². The molecule has 2 saturated heterocycles. The molecule has 10 nitrogen and oxygen atoms in total. The maximum Gasteiger partial charge on any atom is 0.434 e. The van der Waals surface area contributed by atoms with Crippen molar-refractivity contribution in [1.29, 1.82) is 0 Å². The van der Waals surface area contributed by atoms with Crippen molar-refractivity contribution in [2.24, 2.45) is 0 Å². The van der Waals surface area contributed by atoms with Gasteiger partial charge in [0.05, 0.1) is 30.5 Å². The molecule has 0 bridgehead atoms. The molecule has 1 amide bonds. The Balaban J connectivity index is 1.58. The zero-order valence-corrected chi connectivity index (χ0v) is 17.5. The molecular formula is C20H20F3N5O5. The van der Waals surface area contributed by atoms with Crippen LogP contribution in [-0.4, -0.2) is 74.0 Å². The Morgan fingerprint density at radius 1 is 1.18 bits per heavy atom. The number of carbonyl (C=O) groups excluding carboxylic acids is 1. The number of aromatic carboxylic acids is 1. The second-order valence-corrected chi connectivity index (χ2v) is 8.12. The van der Waals surface area contributed by atoms with Gasteiger partial charge in [0.15, 0.2) is 11.5 Å². The number of aromatic nitrogens is 3. The van der Waals surface area contributed by atoms with E-state index in [0.29, 0.717) is 6.20 Å². The lowest BCUT2D eigenvalue weighted by Crippen LogP contribution is -2.58. The first-order chi connectivity index (χ1) is 15.4. The third kappa shape index (κ3) is 4.88. The lowest BCUT2D eigenvalue weighted by Gasteiger charge is -2.39. The molecule has 0 radical (unpaired) electrons. The van der Waals surface area contributed by atoms with Crippen LogP contribution in [0.2, 0.25) is 0 Å². The van der Waals surface area contributed by atoms with Gasteiger partial charge in [0.1, 0.15) is 23.7 Å². The fourth-order valence-corrected chi connectivity index (χ4v) is 3.84. The first kappa shape index (κ1) is 22.9. The van der Waals surface area contributed by atoms with E-state index in [-0.39, 0.29) is 30.2 Å². The van der Waals surface area contributed by atoms with Crippen LogP contribution in [-0.2, 0) is 15.7 Å². The lowest BCUT2D eigenvalue weighted by atomic mass is 9.99. The van der Waals surface area contributed by atoms with E-state index in [4.69, 9.17) is 14.6 Å². The summed E-state index contributed by atoms with van der Waals surface area (Å²) in [7, 11) is 0. The van der Waals surface area contributed by atoms with E-state index in [2.05, 4.69) is 20.3 Å². The molecule has 2 fully saturated rings. The predicted molar refractivity (Wildman–Crippen MR) is 105 cm³/mol. The third-order valence-corrected chi connectivity index (χ3v) is 5.21. The quantitative estimate of drug-likeness (QED) is 0.695. The van der Waals surface area contributed by atoms with Crippen molar-refractivity contribution in [3.63, 3.8) is 0 Å². The van der Waals surface area contributed by atoms with E-state index in [1.165, 1.54) is 17.0 Å². The number of pyridine rings is 1. The Hall–Kier alpha value is -3.32. The molecular weight excluding hydrogens is 447 g/mol. The van der Waals surface area contributed by atoms with Gasteiger partial charge in [0.25, 0.3) is 5.91 Å². The molecule has 4 rings (SSSR count). The number of likely N-dealkylation sites (tertiary alicyclic amines) is 1. The Morgan fingerprint density at radius 2 is 1.94 bits per heavy atom. The van der Waals surface area contributed by atoms with Gasteiger partial charge in [-0.1, -0.05) is 0 Å². The van der Waals surface area contributed by atoms with Crippen LogP contribution >= 0.6 is 0 Å². The summed E-state index contributed by atoms with van der Waals surface area (Å²) in [5.41, 5.74) is -1.20. The van der Waals surface area contributed by atoms with Crippen molar-refractivity contribution in [2.75, 3.05) is 18.4 Å². The van der Waals surface area contributed by atoms with Gasteiger partial charge in [0, 0.05) is 12.7 Å². The smallest absolute Gasteiger partial charge is 0.434 e. The number of alkyl halides is 3. The number of halogens is 3. The minimum absolute atomic E-state index is 0.0224. The normalized spacial score (nSPS) is 24.3. The highest BCUT2D eigenvalue weighted by atomic mass is 19.4. The number of hydrogen-bond donors (Lipinski definition) is 2. The summed E-state index contributed by atoms with van der Waals surface area (Å²) >= 11 is 0. The molecule has 13 heteroatoms. The maximum absolute atomic E-state index is 13.0. The SMILES string of the molecule is CC1(C)O[C@@H]2[C@@H](Nc3cncc(C(F)(F)F)n3)CN(C(=O)c3ccc(C(=O)O)cn3)C[C@@H]2O1. The molecule has 0 spiro atoms. The highest BCUT2D eigenvalue weighted by molar-refractivity contribution is 5.94. The molecule has 0 aromatic carbocycles. The molecule has 176 valence electrons. The van der Waals surface area contributed by atoms with Crippen molar-refractivity contribution >= 4 is 17.7 Å². The van der Waals surface area contributed by atoms with Gasteiger partial charge in [-0.05, 0) is 26.0 Å². The number of anilines is 1. The number of amides is 1. The molecule has 2 aliphatic heterocycles. The minimum atomic E-state index is -4.66. The van der Waals surface area contributed by atoms with Gasteiger partial charge < -0.3 is 24.8 Å². The molecule has 0 unspecified atom stereocenters. The molecule has 3 atom stereocenters. The molecule has 2 aromatic heterocycles. The van der Waals surface area contributed by atoms with E-state index >= 15 is 0 Å². The Morgan fingerprint density at radius 3 is 2.58 bits per heavy atom. The van der Waals surface area contributed by atoms with Crippen molar-refractivity contribution in [3.05, 3.63) is 47.7 Å². The van der Waals surface area contributed by atoms with E-state index < -0.39 is 47.8 Å². The first-order valence-electron chi connectivity index (χ1n) is 9.93. The van der Waals surface area contributed by atoms with Crippen molar-refractivity contribution in [2.45, 2.75) is 44.1 Å². The lowest BCUT2D eigenvalue weighted by molar-refractivity contribution is -0.145. The highest BCUT2D eigenvalue weighted by Crippen LogP contribution is 2.35. The van der Waals surface area contributed by atoms with Crippen LogP contribution < -0.4 is 5.32 Å². The summed E-state index contributed by atoms with van der Waals surface area (Å²) in [4.78, 5) is 36.6. The monoisotopic (exact) mass is 467 g/mol. The number of ether oxygens (including phenoxy) is 2. The Kier molecular flexibility index (Phi) is 5.70. The van der Waals surface area contributed by atoms with Crippen LogP contribution in [0.4, 0.5) is 19.0 Å². The van der Waals surface area contributed by atoms with Gasteiger partial charge in [0.2, 0.25) is 0 Å². The number of carboxylic acid groups (broad SMARTS) is 1. The molecule has 0 aliphatic carbocycles. The average Bonchev–Trinajstić information content (AvgIpc) is 3.07. The van der Waals surface area contributed by atoms with Crippen molar-refractivity contribution in [1.82, 2.24) is 19.9 Å². The molecule has 2 aromatic rings. The Bertz CT molecular complexity index is 1060. The maximum atomic E-state index is 13.0. The standard InChI is InChI=1S/C20H20F3N5O5/c1-19(2)32-13-9-28(17(29)11-4-3-10(5-25-11)18(30)31)8-12(16(13)33-19)26-15-7-24-6-14(27-15)20(21,22)23/h3-7,12-13,16H,8-9H2,1-2H3,(H,26,27)(H,30,31)/t12-,13-,16+/m0/s1. The number of hydrogen-bond acceptors (Lipinski definition) is 8. The average molecular weight is 467 g/mol. The van der Waals surface area contributed by atoms with E-state index in [1.54, 1.807) is 13.8 Å². The van der Waals surface area contributed by atoms with Gasteiger partial charge in [-0.2, -0.15) is 13.2 Å². The molecule has 33 heavy (non-hydrogen) atoms. The summed E-state index contributed by atoms with van der Waals surface area (Å²) < 4.78 is 50.9. The summed E-state index contributed by atoms with van der Waals surface area (Å²) in [5, 5.41) is 11.9. The summed E-state index contributed by atoms with van der Waals surface area (Å²) in [6, 6.07) is 1.90. The predicted octanol–water partition coefficient (Wildman–Crippen LogP) is 2.05. The minimum Gasteiger partial charge on any atom is -0.478 e. The van der Waals surface area contributed by atoms with Gasteiger partial charge in [-0.15, -0.1) is 0 Å². The fourth-order valence-electron chi connectivity index (χ4n) is 3.84. The zero-order chi connectivity index (χ0) is 24.0. The number of fused-ring (bicyclic) bond motifs is 1. The number of nitrogens with zero attached hydrogens (tertiary/aromatic N) is 4. The Labute approximate surface area is 185 Å². The molecule has 0 saturated carbocycles. The summed E-state index contributed by atoms with van der Waals surface area (Å²) in [6.45, 7) is 3.61. The van der Waals surface area contributed by atoms with Crippen LogP contribution in [0.1, 0.15) is 40.4 Å². The van der Waals surface area contributed by atoms with Crippen molar-refractivity contribution in [3.8, 4) is 0 Å². The van der Waals surface area contributed by atoms with Crippen LogP contribution in [0, 0.1) is 0 Å². The van der Waals surface area contributed by atoms with E-state index in [9.17, 15) is 22.8 Å². The second-order valence-electron chi connectivity index (χ2n) is 8.12. The third-order valence-electron chi connectivity index (χ3n) is 5.21. The number of piperidine rings is 1. The first-order valence-corrected chi connectivity index (χ1v) is 9.93. The van der Waals surface area contributed by atoms with Gasteiger partial charge in [-0.25, -0.2) is 9.78 Å². The highest BCUT2D eigenvalue weighted by Gasteiger charge is 2.50. The second kappa shape index (κ2) is 8.23. The number of carboxylic acids is 1. The van der Waals surface area contributed by atoms with Crippen LogP contribution in [0.3, 0.4) is 0 Å². The van der Waals surface area contributed by atoms with Crippen LogP contribution in [0.15, 0.2) is 30.7 Å². The summed E-state index contributed by atoms with van der Waals surface area (Å²) in [5.74, 6) is -2.75. The van der Waals surface area contributed by atoms with Gasteiger partial charge in [-0.3, -0.25) is 14.8 Å². The van der Waals surface area contributed by atoms with Gasteiger partial charge >= 0.3 is 12.1 Å². The zero-order valence-electron chi connectivity index (χ0n) is 17.5. The van der Waals surface area contributed by atoms with Crippen LogP contribution in [0.25, 0.3) is 0 Å². The van der Waals surface area contributed by atoms with E-state index in [1.807, 2.05) is 0 Å². The number of carbonyl (C=O) groups is 2. The number of rotatable bonds is 4.